The Labute approximate surface area is 127 Å². The van der Waals surface area contributed by atoms with Gasteiger partial charge >= 0.3 is 5.97 Å². The molecule has 2 aromatic rings. The predicted octanol–water partition coefficient (Wildman–Crippen LogP) is 3.51. The first-order valence-electron chi connectivity index (χ1n) is 6.54. The van der Waals surface area contributed by atoms with E-state index in [2.05, 4.69) is 5.32 Å². The predicted molar refractivity (Wildman–Crippen MR) is 80.2 cm³/mol. The molecular weight excluding hydrogens is 293 g/mol. The Kier molecular flexibility index (Phi) is 5.31. The van der Waals surface area contributed by atoms with E-state index in [0.717, 1.165) is 5.56 Å². The van der Waals surface area contributed by atoms with Gasteiger partial charge in [0, 0.05) is 12.1 Å². The fourth-order valence-corrected chi connectivity index (χ4v) is 2.27. The van der Waals surface area contributed by atoms with E-state index in [1.165, 1.54) is 6.07 Å². The summed E-state index contributed by atoms with van der Waals surface area (Å²) < 4.78 is 13.7. The molecule has 5 heteroatoms. The zero-order valence-corrected chi connectivity index (χ0v) is 12.0. The van der Waals surface area contributed by atoms with E-state index in [0.29, 0.717) is 30.6 Å². The van der Waals surface area contributed by atoms with E-state index in [9.17, 15) is 9.18 Å². The third-order valence-electron chi connectivity index (χ3n) is 3.17. The number of carbonyl (C=O) groups is 1. The summed E-state index contributed by atoms with van der Waals surface area (Å²) in [6, 6.07) is 11.7. The number of carboxylic acids is 1. The highest BCUT2D eigenvalue weighted by Gasteiger charge is 2.09. The van der Waals surface area contributed by atoms with Crippen molar-refractivity contribution < 1.29 is 14.3 Å². The van der Waals surface area contributed by atoms with Crippen molar-refractivity contribution in [1.82, 2.24) is 5.32 Å². The van der Waals surface area contributed by atoms with E-state index >= 15 is 0 Å². The summed E-state index contributed by atoms with van der Waals surface area (Å²) in [5.74, 6) is -1.36. The second kappa shape index (κ2) is 7.20. The van der Waals surface area contributed by atoms with Gasteiger partial charge in [0.2, 0.25) is 0 Å². The second-order valence-electron chi connectivity index (χ2n) is 4.60. The highest BCUT2D eigenvalue weighted by molar-refractivity contribution is 6.30. The first-order chi connectivity index (χ1) is 10.1. The highest BCUT2D eigenvalue weighted by atomic mass is 35.5. The van der Waals surface area contributed by atoms with Crippen LogP contribution in [0.3, 0.4) is 0 Å². The van der Waals surface area contributed by atoms with Gasteiger partial charge in [0.25, 0.3) is 0 Å². The molecule has 0 aromatic heterocycles. The lowest BCUT2D eigenvalue weighted by molar-refractivity contribution is 0.0695. The molecule has 3 nitrogen and oxygen atoms in total. The molecule has 0 aliphatic rings. The van der Waals surface area contributed by atoms with Crippen molar-refractivity contribution in [3.63, 3.8) is 0 Å². The summed E-state index contributed by atoms with van der Waals surface area (Å²) >= 11 is 5.71. The summed E-state index contributed by atoms with van der Waals surface area (Å²) in [4.78, 5) is 11.1. The van der Waals surface area contributed by atoms with Gasteiger partial charge < -0.3 is 10.4 Å². The fourth-order valence-electron chi connectivity index (χ4n) is 2.08. The molecule has 21 heavy (non-hydrogen) atoms. The molecule has 0 saturated carbocycles. The van der Waals surface area contributed by atoms with Gasteiger partial charge in [-0.2, -0.15) is 0 Å². The van der Waals surface area contributed by atoms with E-state index in [1.54, 1.807) is 36.4 Å². The van der Waals surface area contributed by atoms with Crippen LogP contribution in [-0.4, -0.2) is 17.6 Å². The lowest BCUT2D eigenvalue weighted by Crippen LogP contribution is -2.18. The number of benzene rings is 2. The van der Waals surface area contributed by atoms with E-state index in [1.807, 2.05) is 0 Å². The fraction of sp³-hybridized carbons (Fsp3) is 0.188. The number of hydrogen-bond acceptors (Lipinski definition) is 2. The zero-order valence-electron chi connectivity index (χ0n) is 11.3. The summed E-state index contributed by atoms with van der Waals surface area (Å²) in [5.41, 5.74) is 1.55. The molecule has 0 aliphatic heterocycles. The van der Waals surface area contributed by atoms with Crippen LogP contribution in [0.15, 0.2) is 42.5 Å². The number of rotatable bonds is 6. The molecule has 110 valence electrons. The Bertz CT molecular complexity index is 646. The van der Waals surface area contributed by atoms with E-state index in [4.69, 9.17) is 16.7 Å². The van der Waals surface area contributed by atoms with Gasteiger partial charge in [-0.1, -0.05) is 41.9 Å². The largest absolute Gasteiger partial charge is 0.478 e. The van der Waals surface area contributed by atoms with Crippen LogP contribution in [0.4, 0.5) is 4.39 Å². The average molecular weight is 308 g/mol. The maximum Gasteiger partial charge on any atom is 0.335 e. The summed E-state index contributed by atoms with van der Waals surface area (Å²) in [5, 5.41) is 12.3. The van der Waals surface area contributed by atoms with Gasteiger partial charge in [-0.15, -0.1) is 0 Å². The minimum Gasteiger partial charge on any atom is -0.478 e. The van der Waals surface area contributed by atoms with Crippen molar-refractivity contribution in [3.8, 4) is 0 Å². The SMILES string of the molecule is O=C(O)c1ccccc1CCNCc1cccc(Cl)c1F. The minimum atomic E-state index is -0.938. The normalized spacial score (nSPS) is 10.6. The molecular formula is C16H15ClFNO2. The van der Waals surface area contributed by atoms with Crippen molar-refractivity contribution in [2.24, 2.45) is 0 Å². The smallest absolute Gasteiger partial charge is 0.335 e. The Morgan fingerprint density at radius 1 is 1.14 bits per heavy atom. The molecule has 0 spiro atoms. The Morgan fingerprint density at radius 2 is 1.86 bits per heavy atom. The third-order valence-corrected chi connectivity index (χ3v) is 3.46. The van der Waals surface area contributed by atoms with Gasteiger partial charge in [-0.05, 0) is 30.7 Å². The number of aromatic carboxylic acids is 1. The number of hydrogen-bond donors (Lipinski definition) is 2. The number of halogens is 2. The average Bonchev–Trinajstić information content (AvgIpc) is 2.48. The topological polar surface area (TPSA) is 49.3 Å². The van der Waals surface area contributed by atoms with Gasteiger partial charge in [0.15, 0.2) is 0 Å². The summed E-state index contributed by atoms with van der Waals surface area (Å²) in [6.45, 7) is 0.901. The summed E-state index contributed by atoms with van der Waals surface area (Å²) in [6.07, 6.45) is 0.560. The van der Waals surface area contributed by atoms with Gasteiger partial charge in [-0.25, -0.2) is 9.18 Å². The second-order valence-corrected chi connectivity index (χ2v) is 5.01. The summed E-state index contributed by atoms with van der Waals surface area (Å²) in [7, 11) is 0. The van der Waals surface area contributed by atoms with Crippen LogP contribution in [0.5, 0.6) is 0 Å². The Hall–Kier alpha value is -1.91. The van der Waals surface area contributed by atoms with Crippen molar-refractivity contribution in [2.75, 3.05) is 6.54 Å². The van der Waals surface area contributed by atoms with Crippen molar-refractivity contribution in [3.05, 3.63) is 70.0 Å². The number of nitrogens with one attached hydrogen (secondary N) is 1. The van der Waals surface area contributed by atoms with Gasteiger partial charge in [-0.3, -0.25) is 0 Å². The molecule has 0 fully saturated rings. The highest BCUT2D eigenvalue weighted by Crippen LogP contribution is 2.17. The molecule has 2 rings (SSSR count). The van der Waals surface area contributed by atoms with Crippen molar-refractivity contribution in [2.45, 2.75) is 13.0 Å². The van der Waals surface area contributed by atoms with Gasteiger partial charge in [0.1, 0.15) is 5.82 Å². The lowest BCUT2D eigenvalue weighted by Gasteiger charge is -2.08. The van der Waals surface area contributed by atoms with Crippen LogP contribution in [-0.2, 0) is 13.0 Å². The monoisotopic (exact) mass is 307 g/mol. The third kappa shape index (κ3) is 4.03. The molecule has 0 bridgehead atoms. The molecule has 0 atom stereocenters. The van der Waals surface area contributed by atoms with Crippen LogP contribution in [0.1, 0.15) is 21.5 Å². The lowest BCUT2D eigenvalue weighted by atomic mass is 10.0. The van der Waals surface area contributed by atoms with E-state index < -0.39 is 11.8 Å². The molecule has 2 N–H and O–H groups in total. The standard InChI is InChI=1S/C16H15ClFNO2/c17-14-7-3-5-12(15(14)18)10-19-9-8-11-4-1-2-6-13(11)16(20)21/h1-7,19H,8-10H2,(H,20,21). The quantitative estimate of drug-likeness (QED) is 0.803. The molecule has 0 heterocycles. The maximum atomic E-state index is 13.7. The van der Waals surface area contributed by atoms with Crippen LogP contribution >= 0.6 is 11.6 Å². The van der Waals surface area contributed by atoms with Crippen LogP contribution in [0.2, 0.25) is 5.02 Å². The van der Waals surface area contributed by atoms with E-state index in [-0.39, 0.29) is 5.02 Å². The number of carboxylic acid groups (broad SMARTS) is 1. The Balaban J connectivity index is 1.91. The molecule has 2 aromatic carbocycles. The maximum absolute atomic E-state index is 13.7. The molecule has 0 unspecified atom stereocenters. The molecule has 0 amide bonds. The van der Waals surface area contributed by atoms with Crippen molar-refractivity contribution in [1.29, 1.82) is 0 Å². The Morgan fingerprint density at radius 3 is 2.62 bits per heavy atom. The van der Waals surface area contributed by atoms with Crippen molar-refractivity contribution >= 4 is 17.6 Å². The molecule has 0 aliphatic carbocycles. The molecule has 0 radical (unpaired) electrons. The first-order valence-corrected chi connectivity index (χ1v) is 6.92. The van der Waals surface area contributed by atoms with Gasteiger partial charge in [0.05, 0.1) is 10.6 Å². The van der Waals surface area contributed by atoms with Crippen LogP contribution < -0.4 is 5.32 Å². The minimum absolute atomic E-state index is 0.102. The first kappa shape index (κ1) is 15.5. The zero-order chi connectivity index (χ0) is 15.2. The van der Waals surface area contributed by atoms with Crippen LogP contribution in [0.25, 0.3) is 0 Å². The van der Waals surface area contributed by atoms with Crippen LogP contribution in [0, 0.1) is 5.82 Å². The molecule has 0 saturated heterocycles.